The Morgan fingerprint density at radius 3 is 1.73 bits per heavy atom. The van der Waals surface area contributed by atoms with Crippen molar-refractivity contribution >= 4 is 20.8 Å². The number of hydrogen-bond acceptors (Lipinski definition) is 2. The quantitative estimate of drug-likeness (QED) is 0.641. The molecule has 0 saturated carbocycles. The van der Waals surface area contributed by atoms with E-state index < -0.39 is 0 Å². The van der Waals surface area contributed by atoms with E-state index >= 15 is 0 Å². The maximum absolute atomic E-state index is 9.74. The van der Waals surface area contributed by atoms with Gasteiger partial charge in [0.05, 0.1) is 0 Å². The average Bonchev–Trinajstić information content (AvgIpc) is 2.56. The molecule has 0 aromatic heterocycles. The topological polar surface area (TPSA) is 43.1 Å². The summed E-state index contributed by atoms with van der Waals surface area (Å²) in [7, 11) is 4.16. The first-order valence-corrected chi connectivity index (χ1v) is 8.83. The molecule has 1 aromatic carbocycles. The van der Waals surface area contributed by atoms with E-state index in [4.69, 9.17) is 0 Å². The molecule has 2 nitrogen and oxygen atoms in total. The van der Waals surface area contributed by atoms with E-state index in [2.05, 4.69) is 66.9 Å². The third kappa shape index (κ3) is 21.6. The second-order valence-corrected chi connectivity index (χ2v) is 6.02. The molecule has 1 aromatic rings. The molecule has 2 N–H and O–H groups in total. The third-order valence-electron chi connectivity index (χ3n) is 3.31. The predicted molar refractivity (Wildman–Crippen MR) is 106 cm³/mol. The van der Waals surface area contributed by atoms with Crippen molar-refractivity contribution in [1.29, 1.82) is 0 Å². The van der Waals surface area contributed by atoms with Crippen molar-refractivity contribution in [3.05, 3.63) is 29.8 Å². The monoisotopic (exact) mass is 327 g/mol. The second-order valence-electron chi connectivity index (χ2n) is 5.36. The summed E-state index contributed by atoms with van der Waals surface area (Å²) in [5.74, 6) is 1.19. The van der Waals surface area contributed by atoms with E-state index in [0.29, 0.717) is 0 Å². The molecule has 0 saturated heterocycles. The summed E-state index contributed by atoms with van der Waals surface area (Å²) in [6.07, 6.45) is 4.59. The van der Waals surface area contributed by atoms with Crippen LogP contribution in [0.2, 0.25) is 0 Å². The Morgan fingerprint density at radius 1 is 1.09 bits per heavy atom. The number of hydrogen-bond donors (Lipinski definition) is 1. The molecular weight excluding hydrogens is 289 g/mol. The molecule has 2 atom stereocenters. The Bertz CT molecular complexity index is 321. The lowest BCUT2D eigenvalue weighted by Gasteiger charge is -1.98. The molecule has 0 aliphatic heterocycles. The highest BCUT2D eigenvalue weighted by Gasteiger charge is 1.89. The molecule has 1 rings (SSSR count). The van der Waals surface area contributed by atoms with Crippen LogP contribution in [0.3, 0.4) is 0 Å². The maximum Gasteiger partial charge on any atom is 0.122 e. The summed E-state index contributed by atoms with van der Waals surface area (Å²) in [5.41, 5.74) is 5.82. The number of aldehydes is 1. The van der Waals surface area contributed by atoms with Crippen LogP contribution in [0.25, 0.3) is 0 Å². The lowest BCUT2D eigenvalue weighted by molar-refractivity contribution is -0.110. The van der Waals surface area contributed by atoms with E-state index in [-0.39, 0.29) is 5.92 Å². The zero-order valence-corrected chi connectivity index (χ0v) is 16.9. The Labute approximate surface area is 141 Å². The minimum atomic E-state index is 0.255. The van der Waals surface area contributed by atoms with E-state index in [1.54, 1.807) is 0 Å². The largest absolute Gasteiger partial charge is 0.333 e. The standard InChI is InChI=1S/C7H9P.C6H14.C5H10O.CH5N/c1-6-3-2-4-7(8)5-6;1-4-6(3)5-2;1-3-5(2)4-6;1-2/h2-5H,8H2,1H3;6H,4-5H2,1-3H3;4-5H,3H2,1-2H3;2H2,1H3. The number of rotatable bonds is 4. The Hall–Kier alpha value is -0.720. The van der Waals surface area contributed by atoms with E-state index in [9.17, 15) is 4.79 Å². The van der Waals surface area contributed by atoms with Gasteiger partial charge in [0, 0.05) is 5.92 Å². The zero-order chi connectivity index (χ0) is 18.0. The fraction of sp³-hybridized carbons (Fsp3) is 0.632. The van der Waals surface area contributed by atoms with E-state index in [1.807, 2.05) is 13.8 Å². The number of aryl methyl sites for hydroxylation is 1. The van der Waals surface area contributed by atoms with Gasteiger partial charge in [-0.1, -0.05) is 77.3 Å². The van der Waals surface area contributed by atoms with Crippen LogP contribution in [0, 0.1) is 18.8 Å². The van der Waals surface area contributed by atoms with Crippen molar-refractivity contribution in [2.75, 3.05) is 7.05 Å². The molecule has 0 aliphatic rings. The minimum Gasteiger partial charge on any atom is -0.333 e. The van der Waals surface area contributed by atoms with Gasteiger partial charge in [0.25, 0.3) is 0 Å². The molecule has 0 aliphatic carbocycles. The average molecular weight is 327 g/mol. The van der Waals surface area contributed by atoms with Gasteiger partial charge in [-0.25, -0.2) is 0 Å². The molecule has 0 heterocycles. The minimum absolute atomic E-state index is 0.255. The van der Waals surface area contributed by atoms with Crippen LogP contribution in [0.1, 0.15) is 59.4 Å². The van der Waals surface area contributed by atoms with Crippen molar-refractivity contribution in [2.45, 2.75) is 60.8 Å². The molecule has 0 amide bonds. The van der Waals surface area contributed by atoms with Gasteiger partial charge in [-0.05, 0) is 31.6 Å². The van der Waals surface area contributed by atoms with Gasteiger partial charge >= 0.3 is 0 Å². The zero-order valence-electron chi connectivity index (χ0n) is 15.7. The number of benzene rings is 1. The normalized spacial score (nSPS) is 10.1. The second kappa shape index (κ2) is 20.3. The summed E-state index contributed by atoms with van der Waals surface area (Å²) in [4.78, 5) is 9.74. The summed E-state index contributed by atoms with van der Waals surface area (Å²) in [5, 5.41) is 1.25. The number of carbonyl (C=O) groups excluding carboxylic acids is 1. The molecular formula is C19H38NOP. The van der Waals surface area contributed by atoms with Gasteiger partial charge in [-0.3, -0.25) is 0 Å². The van der Waals surface area contributed by atoms with Gasteiger partial charge in [0.1, 0.15) is 6.29 Å². The predicted octanol–water partition coefficient (Wildman–Crippen LogP) is 4.74. The summed E-state index contributed by atoms with van der Waals surface area (Å²) in [6, 6.07) is 8.34. The smallest absolute Gasteiger partial charge is 0.122 e. The van der Waals surface area contributed by atoms with E-state index in [0.717, 1.165) is 18.6 Å². The van der Waals surface area contributed by atoms with Crippen molar-refractivity contribution in [1.82, 2.24) is 0 Å². The van der Waals surface area contributed by atoms with Crippen molar-refractivity contribution in [2.24, 2.45) is 17.6 Å². The number of nitrogens with two attached hydrogens (primary N) is 1. The van der Waals surface area contributed by atoms with E-state index in [1.165, 1.54) is 30.8 Å². The first kappa shape index (κ1) is 26.2. The number of carbonyl (C=O) groups is 1. The van der Waals surface area contributed by atoms with Crippen LogP contribution in [0.4, 0.5) is 0 Å². The van der Waals surface area contributed by atoms with Crippen LogP contribution in [0.5, 0.6) is 0 Å². The first-order valence-electron chi connectivity index (χ1n) is 8.26. The van der Waals surface area contributed by atoms with Crippen LogP contribution in [0.15, 0.2) is 24.3 Å². The highest BCUT2D eigenvalue weighted by molar-refractivity contribution is 7.27. The molecule has 3 heteroatoms. The molecule has 130 valence electrons. The molecule has 0 fully saturated rings. The maximum atomic E-state index is 9.74. The van der Waals surface area contributed by atoms with Gasteiger partial charge < -0.3 is 10.5 Å². The van der Waals surface area contributed by atoms with Crippen LogP contribution < -0.4 is 11.0 Å². The van der Waals surface area contributed by atoms with Crippen molar-refractivity contribution in [3.63, 3.8) is 0 Å². The molecule has 0 spiro atoms. The first-order chi connectivity index (χ1) is 10.4. The SMILES string of the molecule is CCC(C)C=O.CCC(C)CC.CN.Cc1cccc(P)c1. The molecule has 0 bridgehead atoms. The fourth-order valence-electron chi connectivity index (χ4n) is 1.06. The molecule has 0 radical (unpaired) electrons. The highest BCUT2D eigenvalue weighted by Crippen LogP contribution is 2.02. The highest BCUT2D eigenvalue weighted by atomic mass is 31.0. The van der Waals surface area contributed by atoms with Gasteiger partial charge in [-0.2, -0.15) is 0 Å². The lowest BCUT2D eigenvalue weighted by atomic mass is 10.1. The van der Waals surface area contributed by atoms with Crippen LogP contribution in [-0.4, -0.2) is 13.3 Å². The van der Waals surface area contributed by atoms with Crippen molar-refractivity contribution in [3.8, 4) is 0 Å². The van der Waals surface area contributed by atoms with Gasteiger partial charge in [-0.15, -0.1) is 9.24 Å². The Balaban J connectivity index is -0.000000237. The summed E-state index contributed by atoms with van der Waals surface area (Å²) < 4.78 is 0. The van der Waals surface area contributed by atoms with Crippen LogP contribution in [-0.2, 0) is 4.79 Å². The fourth-order valence-corrected chi connectivity index (χ4v) is 1.43. The summed E-state index contributed by atoms with van der Waals surface area (Å²) in [6.45, 7) is 12.7. The Morgan fingerprint density at radius 2 is 1.59 bits per heavy atom. The molecule has 2 unspecified atom stereocenters. The van der Waals surface area contributed by atoms with Crippen molar-refractivity contribution < 1.29 is 4.79 Å². The third-order valence-corrected chi connectivity index (χ3v) is 3.67. The Kier molecular flexibility index (Phi) is 24.1. The van der Waals surface area contributed by atoms with Gasteiger partial charge in [0.2, 0.25) is 0 Å². The summed E-state index contributed by atoms with van der Waals surface area (Å²) >= 11 is 0. The van der Waals surface area contributed by atoms with Crippen LogP contribution >= 0.6 is 9.24 Å². The molecule has 22 heavy (non-hydrogen) atoms. The lowest BCUT2D eigenvalue weighted by Crippen LogP contribution is -1.89. The van der Waals surface area contributed by atoms with Gasteiger partial charge in [0.15, 0.2) is 0 Å².